The fourth-order valence-electron chi connectivity index (χ4n) is 0.667. The predicted molar refractivity (Wildman–Crippen MR) is 58.6 cm³/mol. The number of rotatable bonds is 4. The molecule has 0 aliphatic carbocycles. The van der Waals surface area contributed by atoms with Crippen LogP contribution >= 0.6 is 11.8 Å². The summed E-state index contributed by atoms with van der Waals surface area (Å²) < 4.78 is 0. The van der Waals surface area contributed by atoms with Gasteiger partial charge in [-0.2, -0.15) is 10.2 Å². The molecule has 0 radical (unpaired) electrons. The van der Waals surface area contributed by atoms with E-state index in [0.717, 1.165) is 11.8 Å². The van der Waals surface area contributed by atoms with E-state index >= 15 is 0 Å². The first-order chi connectivity index (χ1) is 6.35. The summed E-state index contributed by atoms with van der Waals surface area (Å²) in [6.07, 6.45) is 0. The number of carbonyl (C=O) groups excluding carboxylic acids is 1. The second kappa shape index (κ2) is 6.14. The van der Waals surface area contributed by atoms with E-state index in [1.54, 1.807) is 0 Å². The van der Waals surface area contributed by atoms with Gasteiger partial charge in [0.1, 0.15) is 6.61 Å². The van der Waals surface area contributed by atoms with E-state index < -0.39 is 6.61 Å². The molecule has 5 heteroatoms. The van der Waals surface area contributed by atoms with E-state index in [-0.39, 0.29) is 15.9 Å². The predicted octanol–water partition coefficient (Wildman–Crippen LogP) is 1.88. The first-order valence-corrected chi connectivity index (χ1v) is 5.42. The molecule has 0 amide bonds. The zero-order chi connectivity index (χ0) is 11.2. The van der Waals surface area contributed by atoms with Crippen molar-refractivity contribution >= 4 is 16.9 Å². The molecular formula is C9H18N2O2S. The maximum Gasteiger partial charge on any atom is 0.214 e. The molecule has 4 nitrogen and oxygen atoms in total. The zero-order valence-electron chi connectivity index (χ0n) is 9.15. The lowest BCUT2D eigenvalue weighted by Crippen LogP contribution is -2.11. The van der Waals surface area contributed by atoms with E-state index in [0.29, 0.717) is 6.54 Å². The Morgan fingerprint density at radius 2 is 2.07 bits per heavy atom. The van der Waals surface area contributed by atoms with Crippen LogP contribution in [-0.2, 0) is 4.79 Å². The van der Waals surface area contributed by atoms with Crippen molar-refractivity contribution in [1.29, 1.82) is 0 Å². The minimum atomic E-state index is -0.411. The minimum Gasteiger partial charge on any atom is -0.388 e. The summed E-state index contributed by atoms with van der Waals surface area (Å²) >= 11 is 1.11. The molecule has 0 aromatic rings. The largest absolute Gasteiger partial charge is 0.388 e. The van der Waals surface area contributed by atoms with Gasteiger partial charge in [-0.1, -0.05) is 18.7 Å². The average Bonchev–Trinajstić information content (AvgIpc) is 2.01. The number of aliphatic hydroxyl groups excluding tert-OH is 1. The summed E-state index contributed by atoms with van der Waals surface area (Å²) in [5.41, 5.74) is -0.161. The molecule has 0 saturated heterocycles. The summed E-state index contributed by atoms with van der Waals surface area (Å²) in [6.45, 7) is 7.88. The normalized spacial score (nSPS) is 14.6. The number of nitrogens with zero attached hydrogens (tertiary/aromatic N) is 2. The van der Waals surface area contributed by atoms with Crippen LogP contribution in [0, 0.1) is 0 Å². The van der Waals surface area contributed by atoms with E-state index in [9.17, 15) is 4.79 Å². The Kier molecular flexibility index (Phi) is 5.95. The van der Waals surface area contributed by atoms with E-state index in [1.165, 1.54) is 0 Å². The lowest BCUT2D eigenvalue weighted by molar-refractivity contribution is -0.113. The monoisotopic (exact) mass is 218 g/mol. The Morgan fingerprint density at radius 1 is 1.50 bits per heavy atom. The molecule has 1 N–H and O–H groups in total. The van der Waals surface area contributed by atoms with Crippen molar-refractivity contribution in [2.75, 3.05) is 13.2 Å². The number of azo groups is 1. The summed E-state index contributed by atoms with van der Waals surface area (Å²) in [5.74, 6) is 0. The van der Waals surface area contributed by atoms with Gasteiger partial charge >= 0.3 is 0 Å². The molecule has 82 valence electrons. The highest BCUT2D eigenvalue weighted by Crippen LogP contribution is 2.13. The van der Waals surface area contributed by atoms with Gasteiger partial charge < -0.3 is 5.11 Å². The number of carbonyl (C=O) groups is 1. The van der Waals surface area contributed by atoms with Crippen molar-refractivity contribution in [3.8, 4) is 0 Å². The minimum absolute atomic E-state index is 0.0701. The van der Waals surface area contributed by atoms with Crippen molar-refractivity contribution in [1.82, 2.24) is 0 Å². The molecule has 0 heterocycles. The van der Waals surface area contributed by atoms with Crippen molar-refractivity contribution in [3.63, 3.8) is 0 Å². The van der Waals surface area contributed by atoms with Crippen molar-refractivity contribution in [3.05, 3.63) is 0 Å². The number of hydrogen-bond donors (Lipinski definition) is 1. The second-order valence-electron chi connectivity index (χ2n) is 4.05. The van der Waals surface area contributed by atoms with Gasteiger partial charge in [0.05, 0.1) is 12.1 Å². The molecule has 0 aromatic carbocycles. The first kappa shape index (κ1) is 13.6. The number of thioether (sulfide) groups is 1. The third-order valence-corrected chi connectivity index (χ3v) is 2.11. The fraction of sp³-hybridized carbons (Fsp3) is 0.889. The highest BCUT2D eigenvalue weighted by atomic mass is 32.2. The van der Waals surface area contributed by atoms with Crippen molar-refractivity contribution < 1.29 is 9.90 Å². The van der Waals surface area contributed by atoms with Crippen LogP contribution in [0.3, 0.4) is 0 Å². The molecule has 1 atom stereocenters. The molecule has 14 heavy (non-hydrogen) atoms. The average molecular weight is 218 g/mol. The summed E-state index contributed by atoms with van der Waals surface area (Å²) in [5, 5.41) is 16.4. The van der Waals surface area contributed by atoms with Gasteiger partial charge in [0, 0.05) is 5.25 Å². The SMILES string of the molecule is CC(CN=NC(C)(C)C)SC(=O)CO. The molecule has 1 unspecified atom stereocenters. The Bertz CT molecular complexity index is 211. The molecule has 0 spiro atoms. The lowest BCUT2D eigenvalue weighted by Gasteiger charge is -2.10. The summed E-state index contributed by atoms with van der Waals surface area (Å²) in [6, 6.07) is 0. The van der Waals surface area contributed by atoms with E-state index in [1.807, 2.05) is 27.7 Å². The lowest BCUT2D eigenvalue weighted by atomic mass is 10.1. The van der Waals surface area contributed by atoms with Crippen LogP contribution in [0.25, 0.3) is 0 Å². The van der Waals surface area contributed by atoms with Crippen molar-refractivity contribution in [2.24, 2.45) is 10.2 Å². The van der Waals surface area contributed by atoms with Gasteiger partial charge in [0.25, 0.3) is 0 Å². The molecular weight excluding hydrogens is 200 g/mol. The van der Waals surface area contributed by atoms with E-state index in [2.05, 4.69) is 10.2 Å². The van der Waals surface area contributed by atoms with Gasteiger partial charge in [-0.3, -0.25) is 4.79 Å². The molecule has 0 rings (SSSR count). The Balaban J connectivity index is 3.80. The third-order valence-electron chi connectivity index (χ3n) is 1.17. The fourth-order valence-corrected chi connectivity index (χ4v) is 1.33. The maximum absolute atomic E-state index is 10.8. The second-order valence-corrected chi connectivity index (χ2v) is 5.55. The van der Waals surface area contributed by atoms with Gasteiger partial charge in [-0.15, -0.1) is 0 Å². The van der Waals surface area contributed by atoms with Crippen LogP contribution in [0.1, 0.15) is 27.7 Å². The highest BCUT2D eigenvalue weighted by Gasteiger charge is 2.10. The quantitative estimate of drug-likeness (QED) is 0.733. The zero-order valence-corrected chi connectivity index (χ0v) is 9.97. The standard InChI is InChI=1S/C9H18N2O2S/c1-7(14-8(13)6-12)5-10-11-9(2,3)4/h7,12H,5-6H2,1-4H3. The Labute approximate surface area is 89.2 Å². The smallest absolute Gasteiger partial charge is 0.214 e. The molecule has 0 aliphatic heterocycles. The van der Waals surface area contributed by atoms with Gasteiger partial charge in [-0.05, 0) is 20.8 Å². The molecule has 0 bridgehead atoms. The van der Waals surface area contributed by atoms with Gasteiger partial charge in [0.15, 0.2) is 0 Å². The van der Waals surface area contributed by atoms with Crippen LogP contribution in [0.2, 0.25) is 0 Å². The van der Waals surface area contributed by atoms with Crippen LogP contribution in [-0.4, -0.2) is 34.2 Å². The van der Waals surface area contributed by atoms with E-state index in [4.69, 9.17) is 5.11 Å². The van der Waals surface area contributed by atoms with Gasteiger partial charge in [-0.25, -0.2) is 0 Å². The Morgan fingerprint density at radius 3 is 2.50 bits per heavy atom. The first-order valence-electron chi connectivity index (χ1n) is 4.54. The summed E-state index contributed by atoms with van der Waals surface area (Å²) in [4.78, 5) is 10.8. The van der Waals surface area contributed by atoms with Crippen LogP contribution in [0.15, 0.2) is 10.2 Å². The third kappa shape index (κ3) is 8.19. The molecule has 0 saturated carbocycles. The van der Waals surface area contributed by atoms with Crippen LogP contribution < -0.4 is 0 Å². The molecule has 0 aromatic heterocycles. The highest BCUT2D eigenvalue weighted by molar-refractivity contribution is 8.14. The van der Waals surface area contributed by atoms with Crippen molar-refractivity contribution in [2.45, 2.75) is 38.5 Å². The molecule has 0 aliphatic rings. The molecule has 0 fully saturated rings. The summed E-state index contributed by atoms with van der Waals surface area (Å²) in [7, 11) is 0. The number of hydrogen-bond acceptors (Lipinski definition) is 5. The van der Waals surface area contributed by atoms with Crippen LogP contribution in [0.5, 0.6) is 0 Å². The topological polar surface area (TPSA) is 62.0 Å². The maximum atomic E-state index is 10.8. The van der Waals surface area contributed by atoms with Crippen LogP contribution in [0.4, 0.5) is 0 Å². The number of aliphatic hydroxyl groups is 1. The van der Waals surface area contributed by atoms with Gasteiger partial charge in [0.2, 0.25) is 5.12 Å². The Hall–Kier alpha value is -0.420.